The van der Waals surface area contributed by atoms with Gasteiger partial charge in [-0.3, -0.25) is 4.79 Å². The molecule has 2 aromatic heterocycles. The second-order valence-electron chi connectivity index (χ2n) is 2.80. The van der Waals surface area contributed by atoms with E-state index in [1.165, 1.54) is 10.8 Å². The molecule has 0 saturated carbocycles. The van der Waals surface area contributed by atoms with E-state index >= 15 is 0 Å². The van der Waals surface area contributed by atoms with Gasteiger partial charge in [0.2, 0.25) is 0 Å². The molecule has 0 aliphatic heterocycles. The molecule has 0 spiro atoms. The maximum absolute atomic E-state index is 10.7. The van der Waals surface area contributed by atoms with Crippen LogP contribution >= 0.6 is 0 Å². The maximum atomic E-state index is 10.7. The van der Waals surface area contributed by atoms with Gasteiger partial charge in [-0.15, -0.1) is 0 Å². The predicted octanol–water partition coefficient (Wildman–Crippen LogP) is -0.186. The number of fused-ring (bicyclic) bond motifs is 1. The van der Waals surface area contributed by atoms with Gasteiger partial charge in [-0.25, -0.2) is 9.50 Å². The molecule has 0 bridgehead atoms. The molecule has 0 amide bonds. The monoisotopic (exact) mass is 192 g/mol. The van der Waals surface area contributed by atoms with Crippen LogP contribution in [0.1, 0.15) is 11.7 Å². The number of carboxylic acid groups (broad SMARTS) is 1. The Morgan fingerprint density at radius 1 is 1.57 bits per heavy atom. The Labute approximate surface area is 79.0 Å². The molecule has 14 heavy (non-hydrogen) atoms. The first kappa shape index (κ1) is 8.64. The van der Waals surface area contributed by atoms with E-state index < -0.39 is 12.0 Å². The third-order valence-corrected chi connectivity index (χ3v) is 1.92. The molecule has 6 nitrogen and oxygen atoms in total. The Bertz CT molecular complexity index is 479. The molecule has 3 N–H and O–H groups in total. The van der Waals surface area contributed by atoms with Crippen LogP contribution in [-0.4, -0.2) is 25.7 Å². The van der Waals surface area contributed by atoms with Crippen molar-refractivity contribution in [3.8, 4) is 0 Å². The highest BCUT2D eigenvalue weighted by Crippen LogP contribution is 2.11. The molecule has 0 aromatic carbocycles. The van der Waals surface area contributed by atoms with Crippen LogP contribution in [0.2, 0.25) is 0 Å². The van der Waals surface area contributed by atoms with Crippen LogP contribution in [0.15, 0.2) is 24.5 Å². The summed E-state index contributed by atoms with van der Waals surface area (Å²) >= 11 is 0. The number of hydrogen-bond donors (Lipinski definition) is 2. The number of aromatic nitrogens is 3. The zero-order chi connectivity index (χ0) is 10.1. The number of pyridine rings is 1. The Hall–Kier alpha value is -1.95. The van der Waals surface area contributed by atoms with Gasteiger partial charge in [0.25, 0.3) is 0 Å². The lowest BCUT2D eigenvalue weighted by molar-refractivity contribution is -0.138. The molecule has 2 aromatic rings. The standard InChI is InChI=1S/C8H8N4O2/c9-7(8(13)14)5-2-1-3-6-10-4-11-12(5)6/h1-4,7H,9H2,(H,13,14). The number of nitrogens with two attached hydrogens (primary N) is 1. The summed E-state index contributed by atoms with van der Waals surface area (Å²) in [5.41, 5.74) is 6.47. The van der Waals surface area contributed by atoms with E-state index in [9.17, 15) is 4.79 Å². The van der Waals surface area contributed by atoms with Gasteiger partial charge in [-0.05, 0) is 12.1 Å². The number of rotatable bonds is 2. The molecular weight excluding hydrogens is 184 g/mol. The number of nitrogens with zero attached hydrogens (tertiary/aromatic N) is 3. The van der Waals surface area contributed by atoms with E-state index in [4.69, 9.17) is 10.8 Å². The second-order valence-corrected chi connectivity index (χ2v) is 2.80. The fourth-order valence-electron chi connectivity index (χ4n) is 1.23. The SMILES string of the molecule is NC(C(=O)O)c1cccc2ncnn12. The predicted molar refractivity (Wildman–Crippen MR) is 47.6 cm³/mol. The van der Waals surface area contributed by atoms with Crippen molar-refractivity contribution in [3.05, 3.63) is 30.2 Å². The van der Waals surface area contributed by atoms with Crippen molar-refractivity contribution in [1.29, 1.82) is 0 Å². The minimum atomic E-state index is -1.09. The first-order valence-corrected chi connectivity index (χ1v) is 3.97. The highest BCUT2D eigenvalue weighted by molar-refractivity contribution is 5.74. The van der Waals surface area contributed by atoms with Gasteiger partial charge < -0.3 is 10.8 Å². The molecule has 0 saturated heterocycles. The average Bonchev–Trinajstić information content (AvgIpc) is 2.63. The minimum absolute atomic E-state index is 0.410. The van der Waals surface area contributed by atoms with Crippen LogP contribution in [0, 0.1) is 0 Å². The smallest absolute Gasteiger partial charge is 0.326 e. The summed E-state index contributed by atoms with van der Waals surface area (Å²) in [6.07, 6.45) is 1.35. The third-order valence-electron chi connectivity index (χ3n) is 1.92. The summed E-state index contributed by atoms with van der Waals surface area (Å²) in [7, 11) is 0. The summed E-state index contributed by atoms with van der Waals surface area (Å²) in [6, 6.07) is 3.95. The molecule has 0 aliphatic carbocycles. The topological polar surface area (TPSA) is 93.5 Å². The first-order chi connectivity index (χ1) is 6.70. The second kappa shape index (κ2) is 3.08. The van der Waals surface area contributed by atoms with Gasteiger partial charge in [0.15, 0.2) is 5.65 Å². The van der Waals surface area contributed by atoms with Crippen molar-refractivity contribution < 1.29 is 9.90 Å². The zero-order valence-electron chi connectivity index (χ0n) is 7.16. The van der Waals surface area contributed by atoms with Gasteiger partial charge in [-0.2, -0.15) is 5.10 Å². The first-order valence-electron chi connectivity index (χ1n) is 3.97. The van der Waals surface area contributed by atoms with Gasteiger partial charge in [0.1, 0.15) is 12.4 Å². The minimum Gasteiger partial charge on any atom is -0.480 e. The Morgan fingerprint density at radius 3 is 3.07 bits per heavy atom. The number of carbonyl (C=O) groups is 1. The van der Waals surface area contributed by atoms with Crippen molar-refractivity contribution >= 4 is 11.6 Å². The molecule has 1 unspecified atom stereocenters. The fourth-order valence-corrected chi connectivity index (χ4v) is 1.23. The summed E-state index contributed by atoms with van der Waals surface area (Å²) in [4.78, 5) is 14.6. The lowest BCUT2D eigenvalue weighted by atomic mass is 10.2. The van der Waals surface area contributed by atoms with E-state index in [2.05, 4.69) is 10.1 Å². The van der Waals surface area contributed by atoms with Crippen molar-refractivity contribution in [2.24, 2.45) is 5.73 Å². The maximum Gasteiger partial charge on any atom is 0.326 e. The number of hydrogen-bond acceptors (Lipinski definition) is 4. The highest BCUT2D eigenvalue weighted by Gasteiger charge is 2.17. The Balaban J connectivity index is 2.61. The Kier molecular flexibility index (Phi) is 1.90. The Morgan fingerprint density at radius 2 is 2.36 bits per heavy atom. The van der Waals surface area contributed by atoms with Crippen LogP contribution in [0.5, 0.6) is 0 Å². The van der Waals surface area contributed by atoms with Gasteiger partial charge in [0.05, 0.1) is 5.69 Å². The van der Waals surface area contributed by atoms with E-state index in [1.807, 2.05) is 0 Å². The lowest BCUT2D eigenvalue weighted by Crippen LogP contribution is -2.23. The molecule has 0 fully saturated rings. The summed E-state index contributed by atoms with van der Waals surface area (Å²) < 4.78 is 1.42. The van der Waals surface area contributed by atoms with Crippen molar-refractivity contribution in [1.82, 2.24) is 14.6 Å². The normalized spacial score (nSPS) is 12.9. The molecule has 1 atom stereocenters. The summed E-state index contributed by atoms with van der Waals surface area (Å²) in [5.74, 6) is -1.09. The van der Waals surface area contributed by atoms with Crippen LogP contribution in [0.25, 0.3) is 5.65 Å². The zero-order valence-corrected chi connectivity index (χ0v) is 7.16. The van der Waals surface area contributed by atoms with Crippen molar-refractivity contribution in [2.75, 3.05) is 0 Å². The lowest BCUT2D eigenvalue weighted by Gasteiger charge is -2.07. The van der Waals surface area contributed by atoms with E-state index in [0.29, 0.717) is 11.3 Å². The molecule has 72 valence electrons. The van der Waals surface area contributed by atoms with Gasteiger partial charge in [-0.1, -0.05) is 6.07 Å². The van der Waals surface area contributed by atoms with Crippen LogP contribution in [0.3, 0.4) is 0 Å². The summed E-state index contributed by atoms with van der Waals surface area (Å²) in [5, 5.41) is 12.6. The van der Waals surface area contributed by atoms with Crippen LogP contribution in [-0.2, 0) is 4.79 Å². The van der Waals surface area contributed by atoms with Crippen LogP contribution in [0.4, 0.5) is 0 Å². The molecule has 2 heterocycles. The quantitative estimate of drug-likeness (QED) is 0.688. The van der Waals surface area contributed by atoms with E-state index in [0.717, 1.165) is 0 Å². The third kappa shape index (κ3) is 1.21. The van der Waals surface area contributed by atoms with Gasteiger partial charge >= 0.3 is 5.97 Å². The van der Waals surface area contributed by atoms with Crippen LogP contribution < -0.4 is 5.73 Å². The fraction of sp³-hybridized carbons (Fsp3) is 0.125. The summed E-state index contributed by atoms with van der Waals surface area (Å²) in [6.45, 7) is 0. The molecule has 2 rings (SSSR count). The molecule has 0 aliphatic rings. The largest absolute Gasteiger partial charge is 0.480 e. The average molecular weight is 192 g/mol. The van der Waals surface area contributed by atoms with E-state index in [-0.39, 0.29) is 0 Å². The van der Waals surface area contributed by atoms with Crippen molar-refractivity contribution in [3.63, 3.8) is 0 Å². The molecule has 0 radical (unpaired) electrons. The number of carboxylic acids is 1. The van der Waals surface area contributed by atoms with Crippen molar-refractivity contribution in [2.45, 2.75) is 6.04 Å². The highest BCUT2D eigenvalue weighted by atomic mass is 16.4. The molecular formula is C8H8N4O2. The van der Waals surface area contributed by atoms with Gasteiger partial charge in [0, 0.05) is 0 Å². The number of aliphatic carboxylic acids is 1. The van der Waals surface area contributed by atoms with E-state index in [1.54, 1.807) is 18.2 Å². The molecule has 6 heteroatoms.